The molecular formula is C25H21F3N2O3. The molecule has 170 valence electrons. The molecule has 5 nitrogen and oxygen atoms in total. The first-order chi connectivity index (χ1) is 15.9. The van der Waals surface area contributed by atoms with E-state index in [-0.39, 0.29) is 43.2 Å². The molecule has 4 rings (SSSR count). The van der Waals surface area contributed by atoms with Crippen molar-refractivity contribution in [2.24, 2.45) is 0 Å². The van der Waals surface area contributed by atoms with Gasteiger partial charge in [0.2, 0.25) is 0 Å². The van der Waals surface area contributed by atoms with Gasteiger partial charge in [0.15, 0.2) is 0 Å². The van der Waals surface area contributed by atoms with E-state index in [2.05, 4.69) is 0 Å². The topological polar surface area (TPSA) is 49.9 Å². The van der Waals surface area contributed by atoms with Crippen molar-refractivity contribution in [3.8, 4) is 16.9 Å². The van der Waals surface area contributed by atoms with Crippen LogP contribution in [0.25, 0.3) is 11.1 Å². The Labute approximate surface area is 189 Å². The van der Waals surface area contributed by atoms with E-state index in [0.29, 0.717) is 16.9 Å². The average Bonchev–Trinajstić information content (AvgIpc) is 2.83. The highest BCUT2D eigenvalue weighted by molar-refractivity contribution is 5.96. The van der Waals surface area contributed by atoms with Crippen molar-refractivity contribution in [1.29, 1.82) is 0 Å². The fourth-order valence-electron chi connectivity index (χ4n) is 3.77. The summed E-state index contributed by atoms with van der Waals surface area (Å²) in [7, 11) is 1.42. The molecular weight excluding hydrogens is 433 g/mol. The number of hydrogen-bond donors (Lipinski definition) is 0. The molecule has 0 unspecified atom stereocenters. The fraction of sp³-hybridized carbons (Fsp3) is 0.200. The third-order valence-electron chi connectivity index (χ3n) is 5.63. The number of benzene rings is 3. The minimum Gasteiger partial charge on any atom is -0.497 e. The highest BCUT2D eigenvalue weighted by Crippen LogP contribution is 2.28. The lowest BCUT2D eigenvalue weighted by molar-refractivity contribution is 0.0533. The van der Waals surface area contributed by atoms with Gasteiger partial charge < -0.3 is 14.5 Å². The van der Waals surface area contributed by atoms with Gasteiger partial charge in [0.25, 0.3) is 11.8 Å². The Balaban J connectivity index is 1.43. The third-order valence-corrected chi connectivity index (χ3v) is 5.63. The first-order valence-electron chi connectivity index (χ1n) is 10.3. The van der Waals surface area contributed by atoms with Crippen LogP contribution in [0, 0.1) is 17.5 Å². The molecule has 0 atom stereocenters. The second-order valence-corrected chi connectivity index (χ2v) is 7.63. The van der Waals surface area contributed by atoms with Crippen molar-refractivity contribution in [3.63, 3.8) is 0 Å². The number of carbonyl (C=O) groups excluding carboxylic acids is 2. The zero-order chi connectivity index (χ0) is 23.5. The van der Waals surface area contributed by atoms with Crippen LogP contribution in [0.3, 0.4) is 0 Å². The van der Waals surface area contributed by atoms with Gasteiger partial charge in [-0.25, -0.2) is 13.2 Å². The molecule has 3 aromatic rings. The van der Waals surface area contributed by atoms with Crippen molar-refractivity contribution in [3.05, 3.63) is 89.2 Å². The maximum atomic E-state index is 14.8. The number of hydrogen-bond acceptors (Lipinski definition) is 3. The highest BCUT2D eigenvalue weighted by Gasteiger charge is 2.27. The smallest absolute Gasteiger partial charge is 0.256 e. The summed E-state index contributed by atoms with van der Waals surface area (Å²) in [6.07, 6.45) is 0. The van der Waals surface area contributed by atoms with E-state index in [1.807, 2.05) is 0 Å². The Morgan fingerprint density at radius 3 is 1.97 bits per heavy atom. The van der Waals surface area contributed by atoms with Gasteiger partial charge in [-0.2, -0.15) is 0 Å². The second-order valence-electron chi connectivity index (χ2n) is 7.63. The summed E-state index contributed by atoms with van der Waals surface area (Å²) < 4.78 is 47.2. The van der Waals surface area contributed by atoms with Gasteiger partial charge in [-0.1, -0.05) is 6.07 Å². The number of nitrogens with zero attached hydrogens (tertiary/aromatic N) is 2. The van der Waals surface area contributed by atoms with E-state index in [4.69, 9.17) is 4.74 Å². The molecule has 8 heteroatoms. The van der Waals surface area contributed by atoms with E-state index in [9.17, 15) is 22.8 Å². The molecule has 0 aromatic heterocycles. The lowest BCUT2D eigenvalue weighted by Gasteiger charge is -2.35. The minimum atomic E-state index is -0.752. The van der Waals surface area contributed by atoms with Gasteiger partial charge in [-0.15, -0.1) is 0 Å². The van der Waals surface area contributed by atoms with Crippen LogP contribution in [0.1, 0.15) is 20.7 Å². The highest BCUT2D eigenvalue weighted by atomic mass is 19.1. The van der Waals surface area contributed by atoms with Crippen LogP contribution in [0.5, 0.6) is 5.75 Å². The number of rotatable bonds is 4. The van der Waals surface area contributed by atoms with Crippen LogP contribution in [0.4, 0.5) is 13.2 Å². The summed E-state index contributed by atoms with van der Waals surface area (Å²) in [4.78, 5) is 28.5. The second kappa shape index (κ2) is 9.36. The monoisotopic (exact) mass is 454 g/mol. The molecule has 1 saturated heterocycles. The Morgan fingerprint density at radius 2 is 1.39 bits per heavy atom. The molecule has 0 spiro atoms. The van der Waals surface area contributed by atoms with Crippen LogP contribution in [0.15, 0.2) is 60.7 Å². The van der Waals surface area contributed by atoms with Crippen molar-refractivity contribution in [2.75, 3.05) is 33.3 Å². The molecule has 33 heavy (non-hydrogen) atoms. The van der Waals surface area contributed by atoms with E-state index in [1.54, 1.807) is 11.0 Å². The van der Waals surface area contributed by atoms with Gasteiger partial charge in [-0.3, -0.25) is 9.59 Å². The number of amides is 2. The molecule has 1 aliphatic rings. The molecule has 0 radical (unpaired) electrons. The summed E-state index contributed by atoms with van der Waals surface area (Å²) in [6.45, 7) is 1.03. The summed E-state index contributed by atoms with van der Waals surface area (Å²) in [6, 6.07) is 13.5. The Morgan fingerprint density at radius 1 is 0.758 bits per heavy atom. The van der Waals surface area contributed by atoms with Crippen LogP contribution < -0.4 is 4.74 Å². The van der Waals surface area contributed by atoms with Gasteiger partial charge in [0.05, 0.1) is 12.7 Å². The molecule has 0 N–H and O–H groups in total. The SMILES string of the molecule is COc1ccc(-c2ccc(C(=O)N3CCN(C(=O)c4ccc(F)cc4)CC3)c(F)c2)c(F)c1. The van der Waals surface area contributed by atoms with Crippen LogP contribution >= 0.6 is 0 Å². The molecule has 3 aromatic carbocycles. The molecule has 1 heterocycles. The summed E-state index contributed by atoms with van der Waals surface area (Å²) >= 11 is 0. The maximum Gasteiger partial charge on any atom is 0.256 e. The fourth-order valence-corrected chi connectivity index (χ4v) is 3.77. The summed E-state index contributed by atoms with van der Waals surface area (Å²) in [5.74, 6) is -2.14. The number of piperazine rings is 1. The van der Waals surface area contributed by atoms with E-state index in [0.717, 1.165) is 6.07 Å². The minimum absolute atomic E-state index is 0.119. The molecule has 0 aliphatic carbocycles. The van der Waals surface area contributed by atoms with E-state index in [1.165, 1.54) is 60.5 Å². The number of carbonyl (C=O) groups is 2. The third kappa shape index (κ3) is 4.69. The van der Waals surface area contributed by atoms with Crippen LogP contribution in [-0.4, -0.2) is 54.9 Å². The zero-order valence-electron chi connectivity index (χ0n) is 17.9. The van der Waals surface area contributed by atoms with E-state index < -0.39 is 23.4 Å². The van der Waals surface area contributed by atoms with Gasteiger partial charge in [0.1, 0.15) is 23.2 Å². The van der Waals surface area contributed by atoms with Gasteiger partial charge >= 0.3 is 0 Å². The lowest BCUT2D eigenvalue weighted by Crippen LogP contribution is -2.50. The zero-order valence-corrected chi connectivity index (χ0v) is 17.9. The van der Waals surface area contributed by atoms with Crippen molar-refractivity contribution in [2.45, 2.75) is 0 Å². The van der Waals surface area contributed by atoms with Crippen molar-refractivity contribution in [1.82, 2.24) is 9.80 Å². The Kier molecular flexibility index (Phi) is 6.35. The summed E-state index contributed by atoms with van der Waals surface area (Å²) in [5, 5.41) is 0. The quantitative estimate of drug-likeness (QED) is 0.588. The molecule has 0 saturated carbocycles. The van der Waals surface area contributed by atoms with E-state index >= 15 is 0 Å². The number of halogens is 3. The molecule has 1 aliphatic heterocycles. The lowest BCUT2D eigenvalue weighted by atomic mass is 10.0. The first kappa shape index (κ1) is 22.4. The summed E-state index contributed by atoms with van der Waals surface area (Å²) in [5.41, 5.74) is 0.745. The van der Waals surface area contributed by atoms with Crippen molar-refractivity contribution < 1.29 is 27.5 Å². The first-order valence-corrected chi connectivity index (χ1v) is 10.3. The van der Waals surface area contributed by atoms with Gasteiger partial charge in [0, 0.05) is 43.4 Å². The maximum absolute atomic E-state index is 14.8. The predicted octanol–water partition coefficient (Wildman–Crippen LogP) is 4.38. The largest absolute Gasteiger partial charge is 0.497 e. The van der Waals surface area contributed by atoms with Gasteiger partial charge in [-0.05, 0) is 54.1 Å². The molecule has 2 amide bonds. The number of methoxy groups -OCH3 is 1. The predicted molar refractivity (Wildman–Crippen MR) is 117 cm³/mol. The average molecular weight is 454 g/mol. The van der Waals surface area contributed by atoms with Crippen LogP contribution in [0.2, 0.25) is 0 Å². The number of ether oxygens (including phenoxy) is 1. The Bertz CT molecular complexity index is 1190. The van der Waals surface area contributed by atoms with Crippen molar-refractivity contribution >= 4 is 11.8 Å². The standard InChI is InChI=1S/C25H21F3N2O3/c1-33-19-7-9-20(23(28)15-19)17-4-8-21(22(27)14-17)25(32)30-12-10-29(11-13-30)24(31)16-2-5-18(26)6-3-16/h2-9,14-15H,10-13H2,1H3. The Hall–Kier alpha value is -3.81. The van der Waals surface area contributed by atoms with Crippen LogP contribution in [-0.2, 0) is 0 Å². The molecule has 0 bridgehead atoms. The normalized spacial score (nSPS) is 13.7. The molecule has 1 fully saturated rings.